The second-order valence-electron chi connectivity index (χ2n) is 4.59. The number of benzene rings is 1. The molecule has 0 saturated heterocycles. The minimum absolute atomic E-state index is 0.0578. The summed E-state index contributed by atoms with van der Waals surface area (Å²) in [6, 6.07) is 4.50. The number of hydrogen-bond donors (Lipinski definition) is 7. The number of phenols is 2. The highest BCUT2D eigenvalue weighted by Gasteiger charge is 2.23. The molecule has 114 valence electrons. The summed E-state index contributed by atoms with van der Waals surface area (Å²) in [4.78, 5) is 0. The van der Waals surface area contributed by atoms with Crippen LogP contribution in [-0.4, -0.2) is 68.6 Å². The van der Waals surface area contributed by atoms with Gasteiger partial charge >= 0.3 is 0 Å². The van der Waals surface area contributed by atoms with Crippen LogP contribution in [0.2, 0.25) is 0 Å². The maximum Gasteiger partial charge on any atom is 0.157 e. The molecule has 0 spiro atoms. The van der Waals surface area contributed by atoms with Gasteiger partial charge in [-0.2, -0.15) is 0 Å². The molecule has 1 rings (SSSR count). The minimum Gasteiger partial charge on any atom is -0.504 e. The maximum absolute atomic E-state index is 9.54. The highest BCUT2D eigenvalue weighted by atomic mass is 16.4. The van der Waals surface area contributed by atoms with Gasteiger partial charge in [-0.25, -0.2) is 0 Å². The van der Waals surface area contributed by atoms with Crippen LogP contribution in [0.15, 0.2) is 18.2 Å². The van der Waals surface area contributed by atoms with Crippen LogP contribution in [0, 0.1) is 0 Å². The zero-order valence-electron chi connectivity index (χ0n) is 11.0. The number of rotatable bonds is 8. The number of aliphatic hydroxyl groups excluding tert-OH is 4. The van der Waals surface area contributed by atoms with Gasteiger partial charge in [0.2, 0.25) is 0 Å². The molecule has 0 aliphatic heterocycles. The molecule has 3 atom stereocenters. The van der Waals surface area contributed by atoms with E-state index in [1.165, 1.54) is 12.1 Å². The molecule has 0 heterocycles. The van der Waals surface area contributed by atoms with Gasteiger partial charge < -0.3 is 36.0 Å². The molecule has 0 aliphatic carbocycles. The van der Waals surface area contributed by atoms with Crippen molar-refractivity contribution in [2.24, 2.45) is 0 Å². The molecule has 7 heteroatoms. The molecule has 3 unspecified atom stereocenters. The second-order valence-corrected chi connectivity index (χ2v) is 4.59. The van der Waals surface area contributed by atoms with Gasteiger partial charge in [0, 0.05) is 6.54 Å². The van der Waals surface area contributed by atoms with Crippen LogP contribution < -0.4 is 5.32 Å². The highest BCUT2D eigenvalue weighted by molar-refractivity contribution is 5.40. The number of aromatic hydroxyl groups is 2. The number of nitrogens with one attached hydrogen (secondary N) is 1. The van der Waals surface area contributed by atoms with Crippen molar-refractivity contribution < 1.29 is 30.6 Å². The van der Waals surface area contributed by atoms with E-state index in [2.05, 4.69) is 5.32 Å². The molecular formula is C13H21NO6. The van der Waals surface area contributed by atoms with E-state index >= 15 is 0 Å². The van der Waals surface area contributed by atoms with Gasteiger partial charge in [-0.1, -0.05) is 6.07 Å². The summed E-state index contributed by atoms with van der Waals surface area (Å²) in [6.07, 6.45) is -3.42. The zero-order valence-corrected chi connectivity index (χ0v) is 11.0. The molecule has 0 aromatic heterocycles. The van der Waals surface area contributed by atoms with E-state index in [1.54, 1.807) is 6.07 Å². The molecule has 20 heavy (non-hydrogen) atoms. The van der Waals surface area contributed by atoms with E-state index in [0.717, 1.165) is 5.56 Å². The fraction of sp³-hybridized carbons (Fsp3) is 0.538. The number of phenolic OH excluding ortho intramolecular Hbond substituents is 2. The Morgan fingerprint density at radius 1 is 1.00 bits per heavy atom. The molecule has 0 amide bonds. The lowest BCUT2D eigenvalue weighted by Crippen LogP contribution is -2.44. The third-order valence-electron chi connectivity index (χ3n) is 2.96. The summed E-state index contributed by atoms with van der Waals surface area (Å²) >= 11 is 0. The van der Waals surface area contributed by atoms with E-state index in [-0.39, 0.29) is 18.0 Å². The zero-order chi connectivity index (χ0) is 15.1. The van der Waals surface area contributed by atoms with Gasteiger partial charge in [0.1, 0.15) is 12.2 Å². The van der Waals surface area contributed by atoms with Crippen molar-refractivity contribution in [3.8, 4) is 11.5 Å². The fourth-order valence-electron chi connectivity index (χ4n) is 1.69. The Bertz CT molecular complexity index is 414. The van der Waals surface area contributed by atoms with Gasteiger partial charge in [-0.15, -0.1) is 0 Å². The normalized spacial score (nSPS) is 15.8. The topological polar surface area (TPSA) is 133 Å². The standard InChI is InChI=1S/C13H21NO6/c15-7-12(19)13(20)11(18)6-14-4-3-8-1-2-9(16)10(17)5-8/h1-2,5,11-20H,3-4,6-7H2. The third-order valence-corrected chi connectivity index (χ3v) is 2.96. The predicted molar refractivity (Wildman–Crippen MR) is 71.5 cm³/mol. The van der Waals surface area contributed by atoms with Crippen molar-refractivity contribution in [2.75, 3.05) is 19.7 Å². The van der Waals surface area contributed by atoms with Gasteiger partial charge in [-0.3, -0.25) is 0 Å². The second kappa shape index (κ2) is 8.03. The first-order valence-corrected chi connectivity index (χ1v) is 6.32. The quantitative estimate of drug-likeness (QED) is 0.224. The Morgan fingerprint density at radius 2 is 1.70 bits per heavy atom. The molecule has 0 saturated carbocycles. The van der Waals surface area contributed by atoms with Crippen molar-refractivity contribution in [3.05, 3.63) is 23.8 Å². The number of hydrogen-bond acceptors (Lipinski definition) is 7. The summed E-state index contributed by atoms with van der Waals surface area (Å²) in [5.41, 5.74) is 0.804. The Kier molecular flexibility index (Phi) is 6.69. The largest absolute Gasteiger partial charge is 0.504 e. The van der Waals surface area contributed by atoms with Gasteiger partial charge in [0.15, 0.2) is 11.5 Å². The van der Waals surface area contributed by atoms with Crippen LogP contribution in [0.25, 0.3) is 0 Å². The molecule has 0 fully saturated rings. The van der Waals surface area contributed by atoms with Crippen molar-refractivity contribution >= 4 is 0 Å². The first kappa shape index (κ1) is 16.7. The minimum atomic E-state index is -1.41. The summed E-state index contributed by atoms with van der Waals surface area (Å²) in [7, 11) is 0. The maximum atomic E-state index is 9.54. The Labute approximate surface area is 116 Å². The molecule has 1 aromatic carbocycles. The van der Waals surface area contributed by atoms with Crippen LogP contribution >= 0.6 is 0 Å². The van der Waals surface area contributed by atoms with Gasteiger partial charge in [0.25, 0.3) is 0 Å². The van der Waals surface area contributed by atoms with Crippen LogP contribution in [0.4, 0.5) is 0 Å². The Morgan fingerprint density at radius 3 is 2.30 bits per heavy atom. The Hall–Kier alpha value is -1.38. The summed E-state index contributed by atoms with van der Waals surface area (Å²) in [5, 5.41) is 58.1. The van der Waals surface area contributed by atoms with Crippen molar-refractivity contribution in [3.63, 3.8) is 0 Å². The number of aliphatic hydroxyl groups is 4. The average Bonchev–Trinajstić information content (AvgIpc) is 2.45. The van der Waals surface area contributed by atoms with Crippen LogP contribution in [0.3, 0.4) is 0 Å². The van der Waals surface area contributed by atoms with E-state index in [1.807, 2.05) is 0 Å². The van der Waals surface area contributed by atoms with E-state index < -0.39 is 24.9 Å². The van der Waals surface area contributed by atoms with Crippen molar-refractivity contribution in [1.82, 2.24) is 5.32 Å². The summed E-state index contributed by atoms with van der Waals surface area (Å²) in [6.45, 7) is -0.0868. The average molecular weight is 287 g/mol. The lowest BCUT2D eigenvalue weighted by atomic mass is 10.1. The molecular weight excluding hydrogens is 266 g/mol. The SMILES string of the molecule is OCC(O)C(O)C(O)CNCCc1ccc(O)c(O)c1. The van der Waals surface area contributed by atoms with Gasteiger partial charge in [-0.05, 0) is 30.7 Å². The van der Waals surface area contributed by atoms with Crippen LogP contribution in [-0.2, 0) is 6.42 Å². The van der Waals surface area contributed by atoms with E-state index in [4.69, 9.17) is 15.3 Å². The van der Waals surface area contributed by atoms with E-state index in [9.17, 15) is 15.3 Å². The van der Waals surface area contributed by atoms with E-state index in [0.29, 0.717) is 13.0 Å². The first-order chi connectivity index (χ1) is 9.45. The Balaban J connectivity index is 2.29. The molecule has 0 bridgehead atoms. The van der Waals surface area contributed by atoms with Gasteiger partial charge in [0.05, 0.1) is 12.7 Å². The lowest BCUT2D eigenvalue weighted by molar-refractivity contribution is -0.0748. The molecule has 0 radical (unpaired) electrons. The fourth-order valence-corrected chi connectivity index (χ4v) is 1.69. The lowest BCUT2D eigenvalue weighted by Gasteiger charge is -2.21. The van der Waals surface area contributed by atoms with Crippen molar-refractivity contribution in [1.29, 1.82) is 0 Å². The van der Waals surface area contributed by atoms with Crippen molar-refractivity contribution in [2.45, 2.75) is 24.7 Å². The first-order valence-electron chi connectivity index (χ1n) is 6.32. The van der Waals surface area contributed by atoms with Crippen LogP contribution in [0.5, 0.6) is 11.5 Å². The predicted octanol–water partition coefficient (Wildman–Crippen LogP) is -1.70. The molecule has 0 aliphatic rings. The van der Waals surface area contributed by atoms with Crippen LogP contribution in [0.1, 0.15) is 5.56 Å². The molecule has 1 aromatic rings. The monoisotopic (exact) mass is 287 g/mol. The third kappa shape index (κ3) is 4.95. The molecule has 7 nitrogen and oxygen atoms in total. The molecule has 7 N–H and O–H groups in total. The summed E-state index contributed by atoms with van der Waals surface area (Å²) in [5.74, 6) is -0.373. The summed E-state index contributed by atoms with van der Waals surface area (Å²) < 4.78 is 0. The smallest absolute Gasteiger partial charge is 0.157 e. The highest BCUT2D eigenvalue weighted by Crippen LogP contribution is 2.24.